The fourth-order valence-corrected chi connectivity index (χ4v) is 3.63. The quantitative estimate of drug-likeness (QED) is 0.688. The van der Waals surface area contributed by atoms with Crippen LogP contribution >= 0.6 is 0 Å². The van der Waals surface area contributed by atoms with Crippen molar-refractivity contribution in [1.82, 2.24) is 19.7 Å². The zero-order valence-corrected chi connectivity index (χ0v) is 12.5. The molecule has 2 aliphatic rings. The number of aromatic amines is 1. The maximum absolute atomic E-state index is 13.2. The third kappa shape index (κ3) is 1.74. The average Bonchev–Trinajstić information content (AvgIpc) is 3.20. The monoisotopic (exact) mass is 309 g/mol. The number of aromatic nitrogens is 4. The van der Waals surface area contributed by atoms with E-state index < -0.39 is 0 Å². The molecular formula is C16H15N5O2. The molecule has 116 valence electrons. The van der Waals surface area contributed by atoms with Crippen LogP contribution in [0, 0.1) is 0 Å². The Balaban J connectivity index is 2.04. The highest BCUT2D eigenvalue weighted by Gasteiger charge is 2.22. The van der Waals surface area contributed by atoms with Gasteiger partial charge < -0.3 is 9.72 Å². The highest BCUT2D eigenvalue weighted by atomic mass is 16.5. The second-order valence-electron chi connectivity index (χ2n) is 5.96. The number of hydrogen-bond acceptors (Lipinski definition) is 5. The van der Waals surface area contributed by atoms with Crippen molar-refractivity contribution in [3.8, 4) is 0 Å². The van der Waals surface area contributed by atoms with Crippen LogP contribution < -0.4 is 16.1 Å². The molecule has 0 aliphatic carbocycles. The summed E-state index contributed by atoms with van der Waals surface area (Å²) in [5.74, 6) is 0. The number of rotatable bonds is 1. The molecule has 5 rings (SSSR count). The van der Waals surface area contributed by atoms with E-state index in [0.29, 0.717) is 25.1 Å². The zero-order chi connectivity index (χ0) is 15.4. The summed E-state index contributed by atoms with van der Waals surface area (Å²) in [4.78, 5) is 20.8. The number of fused-ring (bicyclic) bond motifs is 2. The van der Waals surface area contributed by atoms with Gasteiger partial charge in [0.15, 0.2) is 0 Å². The molecule has 1 saturated heterocycles. The van der Waals surface area contributed by atoms with Crippen molar-refractivity contribution in [2.45, 2.75) is 18.9 Å². The fourth-order valence-electron chi connectivity index (χ4n) is 3.63. The summed E-state index contributed by atoms with van der Waals surface area (Å²) in [5, 5.41) is 10.8. The van der Waals surface area contributed by atoms with E-state index in [2.05, 4.69) is 20.2 Å². The Morgan fingerprint density at radius 1 is 1.26 bits per heavy atom. The Bertz CT molecular complexity index is 1110. The largest absolute Gasteiger partial charge is 0.381 e. The summed E-state index contributed by atoms with van der Waals surface area (Å²) in [6.45, 7) is 1.87. The topological polar surface area (TPSA) is 85.2 Å². The molecular weight excluding hydrogens is 294 g/mol. The van der Waals surface area contributed by atoms with Gasteiger partial charge in [-0.2, -0.15) is 0 Å². The maximum atomic E-state index is 13.2. The van der Waals surface area contributed by atoms with Gasteiger partial charge in [-0.1, -0.05) is 6.08 Å². The standard InChI is InChI=1S/C16H15N5O2/c22-16-14-10(1-5-17-14)13-12-11(19-20-13)2-6-18-15(12)21(16)9-3-7-23-8-4-9/h1-2,6,9,18H,3-5,7-8H2. The summed E-state index contributed by atoms with van der Waals surface area (Å²) < 4.78 is 7.31. The van der Waals surface area contributed by atoms with Gasteiger partial charge in [0.25, 0.3) is 5.56 Å². The lowest BCUT2D eigenvalue weighted by Crippen LogP contribution is -2.42. The van der Waals surface area contributed by atoms with Crippen LogP contribution in [0.5, 0.6) is 0 Å². The van der Waals surface area contributed by atoms with Crippen molar-refractivity contribution in [1.29, 1.82) is 0 Å². The number of H-pyrrole nitrogens is 1. The molecule has 0 radical (unpaired) electrons. The first-order valence-electron chi connectivity index (χ1n) is 7.85. The van der Waals surface area contributed by atoms with Crippen molar-refractivity contribution >= 4 is 28.1 Å². The molecule has 7 heteroatoms. The summed E-state index contributed by atoms with van der Waals surface area (Å²) in [5.41, 5.74) is 2.28. The third-order valence-corrected chi connectivity index (χ3v) is 4.72. The van der Waals surface area contributed by atoms with E-state index in [4.69, 9.17) is 4.74 Å². The molecule has 1 N–H and O–H groups in total. The Morgan fingerprint density at radius 3 is 3.00 bits per heavy atom. The van der Waals surface area contributed by atoms with E-state index in [1.54, 1.807) is 0 Å². The molecule has 0 bridgehead atoms. The number of pyridine rings is 1. The smallest absolute Gasteiger partial charge is 0.278 e. The van der Waals surface area contributed by atoms with Gasteiger partial charge in [-0.15, -0.1) is 10.2 Å². The fraction of sp³-hybridized carbons (Fsp3) is 0.375. The van der Waals surface area contributed by atoms with Gasteiger partial charge in [-0.05, 0) is 18.9 Å². The van der Waals surface area contributed by atoms with E-state index in [0.717, 1.165) is 40.1 Å². The first-order valence-corrected chi connectivity index (χ1v) is 7.85. The van der Waals surface area contributed by atoms with Crippen molar-refractivity contribution < 1.29 is 4.74 Å². The Morgan fingerprint density at radius 2 is 2.13 bits per heavy atom. The molecule has 1 fully saturated rings. The SMILES string of the molecule is O=c1c2c(c3nnc4cc[nH]c(c43)n1C1CCOCC1)=CCN=2. The van der Waals surface area contributed by atoms with Gasteiger partial charge in [-0.3, -0.25) is 14.4 Å². The molecule has 0 amide bonds. The Kier molecular flexibility index (Phi) is 2.66. The molecule has 0 atom stereocenters. The first kappa shape index (κ1) is 13.0. The second kappa shape index (κ2) is 4.73. The molecule has 0 saturated carbocycles. The van der Waals surface area contributed by atoms with Gasteiger partial charge in [0, 0.05) is 30.7 Å². The van der Waals surface area contributed by atoms with Crippen LogP contribution in [0.4, 0.5) is 0 Å². The Hall–Kier alpha value is -2.54. The Labute approximate surface area is 130 Å². The van der Waals surface area contributed by atoms with E-state index in [-0.39, 0.29) is 11.6 Å². The zero-order valence-electron chi connectivity index (χ0n) is 12.5. The van der Waals surface area contributed by atoms with Crippen LogP contribution in [0.15, 0.2) is 22.1 Å². The van der Waals surface area contributed by atoms with Crippen molar-refractivity contribution in [2.24, 2.45) is 4.99 Å². The van der Waals surface area contributed by atoms with E-state index >= 15 is 0 Å². The first-order chi connectivity index (χ1) is 11.3. The molecule has 3 aromatic heterocycles. The predicted molar refractivity (Wildman–Crippen MR) is 84.9 cm³/mol. The van der Waals surface area contributed by atoms with Gasteiger partial charge in [0.05, 0.1) is 11.9 Å². The lowest BCUT2D eigenvalue weighted by Gasteiger charge is -2.24. The van der Waals surface area contributed by atoms with Crippen LogP contribution in [-0.2, 0) is 4.74 Å². The van der Waals surface area contributed by atoms with Crippen molar-refractivity contribution in [2.75, 3.05) is 19.8 Å². The predicted octanol–water partition coefficient (Wildman–Crippen LogP) is 0.0380. The van der Waals surface area contributed by atoms with Crippen molar-refractivity contribution in [3.05, 3.63) is 33.2 Å². The maximum Gasteiger partial charge on any atom is 0.278 e. The van der Waals surface area contributed by atoms with Crippen LogP contribution in [0.1, 0.15) is 18.9 Å². The van der Waals surface area contributed by atoms with Gasteiger partial charge in [0.1, 0.15) is 22.0 Å². The van der Waals surface area contributed by atoms with Crippen LogP contribution in [0.25, 0.3) is 28.1 Å². The average molecular weight is 309 g/mol. The molecule has 7 nitrogen and oxygen atoms in total. The summed E-state index contributed by atoms with van der Waals surface area (Å²) in [7, 11) is 0. The molecule has 0 aromatic carbocycles. The molecule has 3 aromatic rings. The van der Waals surface area contributed by atoms with E-state index in [1.165, 1.54) is 0 Å². The number of hydrogen-bond donors (Lipinski definition) is 1. The summed E-state index contributed by atoms with van der Waals surface area (Å²) >= 11 is 0. The van der Waals surface area contributed by atoms with Gasteiger partial charge in [-0.25, -0.2) is 0 Å². The number of nitrogens with one attached hydrogen (secondary N) is 1. The minimum atomic E-state index is -0.0533. The number of ether oxygens (including phenoxy) is 1. The van der Waals surface area contributed by atoms with Crippen LogP contribution in [-0.4, -0.2) is 39.5 Å². The van der Waals surface area contributed by atoms with E-state index in [9.17, 15) is 4.79 Å². The van der Waals surface area contributed by atoms with Crippen LogP contribution in [0.3, 0.4) is 0 Å². The summed E-state index contributed by atoms with van der Waals surface area (Å²) in [6.07, 6.45) is 5.41. The highest BCUT2D eigenvalue weighted by molar-refractivity contribution is 6.03. The van der Waals surface area contributed by atoms with Gasteiger partial charge in [0.2, 0.25) is 0 Å². The van der Waals surface area contributed by atoms with E-state index in [1.807, 2.05) is 22.9 Å². The molecule has 5 heterocycles. The molecule has 23 heavy (non-hydrogen) atoms. The minimum absolute atomic E-state index is 0.0533. The normalized spacial score (nSPS) is 18.1. The molecule has 2 aliphatic heterocycles. The minimum Gasteiger partial charge on any atom is -0.381 e. The lowest BCUT2D eigenvalue weighted by molar-refractivity contribution is 0.0696. The summed E-state index contributed by atoms with van der Waals surface area (Å²) in [6, 6.07) is 1.99. The van der Waals surface area contributed by atoms with Gasteiger partial charge >= 0.3 is 0 Å². The number of nitrogens with zero attached hydrogens (tertiary/aromatic N) is 4. The molecule has 0 spiro atoms. The lowest BCUT2D eigenvalue weighted by atomic mass is 10.1. The second-order valence-corrected chi connectivity index (χ2v) is 5.96. The highest BCUT2D eigenvalue weighted by Crippen LogP contribution is 2.25. The third-order valence-electron chi connectivity index (χ3n) is 4.72. The van der Waals surface area contributed by atoms with Crippen LogP contribution in [0.2, 0.25) is 0 Å². The van der Waals surface area contributed by atoms with Crippen molar-refractivity contribution in [3.63, 3.8) is 0 Å². The molecule has 0 unspecified atom stereocenters.